The minimum Gasteiger partial charge on any atom is -0.496 e. The van der Waals surface area contributed by atoms with Crippen molar-refractivity contribution in [1.29, 1.82) is 0 Å². The highest BCUT2D eigenvalue weighted by molar-refractivity contribution is 6.31. The first-order valence-corrected chi connectivity index (χ1v) is 9.24. The summed E-state index contributed by atoms with van der Waals surface area (Å²) in [6.07, 6.45) is 0. The average molecular weight is 413 g/mol. The molecule has 0 atom stereocenters. The van der Waals surface area contributed by atoms with Gasteiger partial charge in [-0.15, -0.1) is 0 Å². The van der Waals surface area contributed by atoms with Gasteiger partial charge in [0.2, 0.25) is 0 Å². The number of carbonyl (C=O) groups is 1. The summed E-state index contributed by atoms with van der Waals surface area (Å²) >= 11 is 5.99. The molecule has 0 saturated heterocycles. The summed E-state index contributed by atoms with van der Waals surface area (Å²) in [6, 6.07) is 14.0. The number of methoxy groups -OCH3 is 1. The van der Waals surface area contributed by atoms with Crippen molar-refractivity contribution in [1.82, 2.24) is 9.78 Å². The highest BCUT2D eigenvalue weighted by atomic mass is 35.5. The number of oxime groups is 1. The lowest BCUT2D eigenvalue weighted by Gasteiger charge is -2.08. The monoisotopic (exact) mass is 412 g/mol. The fourth-order valence-corrected chi connectivity index (χ4v) is 3.05. The summed E-state index contributed by atoms with van der Waals surface area (Å²) in [6.45, 7) is 4.47. The molecule has 8 heteroatoms. The second-order valence-electron chi connectivity index (χ2n) is 6.49. The third-order valence-electron chi connectivity index (χ3n) is 4.26. The number of hydrogen-bond acceptors (Lipinski definition) is 5. The van der Waals surface area contributed by atoms with Gasteiger partial charge in [0.25, 0.3) is 0 Å². The Morgan fingerprint density at radius 2 is 2.00 bits per heavy atom. The number of carbonyl (C=O) groups excluding carboxylic acids is 1. The van der Waals surface area contributed by atoms with E-state index in [0.717, 1.165) is 17.0 Å². The number of amidine groups is 1. The molecule has 29 heavy (non-hydrogen) atoms. The lowest BCUT2D eigenvalue weighted by Crippen LogP contribution is -2.16. The maximum absolute atomic E-state index is 12.4. The van der Waals surface area contributed by atoms with Gasteiger partial charge in [0, 0.05) is 10.7 Å². The summed E-state index contributed by atoms with van der Waals surface area (Å²) in [5.41, 5.74) is 9.64. The van der Waals surface area contributed by atoms with Gasteiger partial charge < -0.3 is 15.3 Å². The van der Waals surface area contributed by atoms with Crippen LogP contribution in [0.1, 0.15) is 32.9 Å². The maximum Gasteiger partial charge on any atom is 0.365 e. The normalized spacial score (nSPS) is 11.4. The molecule has 0 aliphatic heterocycles. The lowest BCUT2D eigenvalue weighted by molar-refractivity contribution is 0.0516. The van der Waals surface area contributed by atoms with Crippen LogP contribution in [0.4, 0.5) is 0 Å². The summed E-state index contributed by atoms with van der Waals surface area (Å²) in [7, 11) is 1.50. The van der Waals surface area contributed by atoms with E-state index in [1.807, 2.05) is 30.7 Å². The fourth-order valence-electron chi connectivity index (χ4n) is 2.88. The summed E-state index contributed by atoms with van der Waals surface area (Å²) in [5.74, 6) is -0.167. The topological polar surface area (TPSA) is 91.7 Å². The van der Waals surface area contributed by atoms with Crippen molar-refractivity contribution >= 4 is 23.4 Å². The quantitative estimate of drug-likeness (QED) is 0.288. The minimum absolute atomic E-state index is 0.0171. The van der Waals surface area contributed by atoms with E-state index < -0.39 is 5.97 Å². The van der Waals surface area contributed by atoms with Gasteiger partial charge in [-0.05, 0) is 55.8 Å². The molecule has 2 N–H and O–H groups in total. The van der Waals surface area contributed by atoms with Gasteiger partial charge in [-0.2, -0.15) is 5.10 Å². The van der Waals surface area contributed by atoms with E-state index in [1.165, 1.54) is 7.11 Å². The lowest BCUT2D eigenvalue weighted by atomic mass is 10.1. The zero-order valence-electron chi connectivity index (χ0n) is 16.3. The van der Waals surface area contributed by atoms with Gasteiger partial charge in [-0.1, -0.05) is 28.9 Å². The van der Waals surface area contributed by atoms with Crippen molar-refractivity contribution in [2.75, 3.05) is 7.11 Å². The van der Waals surface area contributed by atoms with Crippen LogP contribution in [0.2, 0.25) is 5.02 Å². The Labute approximate surface area is 173 Å². The number of halogens is 1. The van der Waals surface area contributed by atoms with Crippen molar-refractivity contribution in [3.8, 4) is 5.75 Å². The van der Waals surface area contributed by atoms with Crippen molar-refractivity contribution in [2.45, 2.75) is 20.4 Å². The van der Waals surface area contributed by atoms with E-state index in [4.69, 9.17) is 26.9 Å². The number of benzene rings is 2. The van der Waals surface area contributed by atoms with Crippen LogP contribution in [0, 0.1) is 13.8 Å². The molecule has 0 saturated carbocycles. The molecule has 1 aromatic heterocycles. The van der Waals surface area contributed by atoms with E-state index in [-0.39, 0.29) is 5.84 Å². The Bertz CT molecular complexity index is 1080. The molecule has 0 fully saturated rings. The molecule has 3 aromatic rings. The highest BCUT2D eigenvalue weighted by Gasteiger charge is 2.12. The highest BCUT2D eigenvalue weighted by Crippen LogP contribution is 2.22. The van der Waals surface area contributed by atoms with Gasteiger partial charge in [0.15, 0.2) is 5.84 Å². The van der Waals surface area contributed by atoms with E-state index in [0.29, 0.717) is 28.4 Å². The first kappa shape index (κ1) is 20.4. The van der Waals surface area contributed by atoms with Gasteiger partial charge >= 0.3 is 5.97 Å². The van der Waals surface area contributed by atoms with Crippen LogP contribution in [0.25, 0.3) is 0 Å². The molecular formula is C21H21ClN4O3. The van der Waals surface area contributed by atoms with Crippen molar-refractivity contribution in [3.05, 3.63) is 81.6 Å². The van der Waals surface area contributed by atoms with Crippen LogP contribution in [-0.2, 0) is 11.4 Å². The Morgan fingerprint density at radius 3 is 2.69 bits per heavy atom. The predicted molar refractivity (Wildman–Crippen MR) is 111 cm³/mol. The second kappa shape index (κ2) is 8.79. The summed E-state index contributed by atoms with van der Waals surface area (Å²) in [4.78, 5) is 17.4. The zero-order valence-corrected chi connectivity index (χ0v) is 17.1. The molecule has 0 aliphatic carbocycles. The Kier molecular flexibility index (Phi) is 6.19. The molecule has 0 radical (unpaired) electrons. The summed E-state index contributed by atoms with van der Waals surface area (Å²) < 4.78 is 7.10. The first-order chi connectivity index (χ1) is 13.9. The SMILES string of the molecule is COc1ccc(Cl)cc1/C(N)=N/OC(=O)c1cccc(Cn2nc(C)cc2C)c1. The standard InChI is InChI=1S/C21H21ClN4O3/c1-13-9-14(2)26(24-13)12-15-5-4-6-16(10-15)21(27)29-25-20(23)18-11-17(22)7-8-19(18)28-3/h4-11H,12H2,1-3H3,(H2,23,25). The Balaban J connectivity index is 1.75. The number of hydrogen-bond donors (Lipinski definition) is 1. The number of ether oxygens (including phenoxy) is 1. The second-order valence-corrected chi connectivity index (χ2v) is 6.92. The molecule has 150 valence electrons. The number of aryl methyl sites for hydroxylation is 2. The molecule has 0 unspecified atom stereocenters. The minimum atomic E-state index is -0.621. The van der Waals surface area contributed by atoms with Crippen LogP contribution >= 0.6 is 11.6 Å². The molecule has 3 rings (SSSR count). The molecular weight excluding hydrogens is 392 g/mol. The van der Waals surface area contributed by atoms with Gasteiger partial charge in [-0.3, -0.25) is 4.68 Å². The molecule has 2 aromatic carbocycles. The molecule has 1 heterocycles. The fraction of sp³-hybridized carbons (Fsp3) is 0.190. The smallest absolute Gasteiger partial charge is 0.365 e. The van der Waals surface area contributed by atoms with E-state index in [9.17, 15) is 4.79 Å². The van der Waals surface area contributed by atoms with Crippen LogP contribution in [0.5, 0.6) is 5.75 Å². The van der Waals surface area contributed by atoms with Crippen molar-refractivity contribution < 1.29 is 14.4 Å². The van der Waals surface area contributed by atoms with Gasteiger partial charge in [-0.25, -0.2) is 4.79 Å². The van der Waals surface area contributed by atoms with Crippen molar-refractivity contribution in [2.24, 2.45) is 10.9 Å². The average Bonchev–Trinajstić information content (AvgIpc) is 3.02. The molecule has 0 aliphatic rings. The molecule has 7 nitrogen and oxygen atoms in total. The van der Waals surface area contributed by atoms with Gasteiger partial charge in [0.1, 0.15) is 5.75 Å². The number of nitrogens with two attached hydrogens (primary N) is 1. The van der Waals surface area contributed by atoms with E-state index >= 15 is 0 Å². The van der Waals surface area contributed by atoms with Crippen LogP contribution in [0.15, 0.2) is 53.7 Å². The molecule has 0 bridgehead atoms. The Morgan fingerprint density at radius 1 is 1.21 bits per heavy atom. The maximum atomic E-state index is 12.4. The number of nitrogens with zero attached hydrogens (tertiary/aromatic N) is 3. The number of aromatic nitrogens is 2. The summed E-state index contributed by atoms with van der Waals surface area (Å²) in [5, 5.41) is 8.64. The van der Waals surface area contributed by atoms with Gasteiger partial charge in [0.05, 0.1) is 30.5 Å². The van der Waals surface area contributed by atoms with Crippen LogP contribution in [-0.4, -0.2) is 28.7 Å². The molecule has 0 amide bonds. The first-order valence-electron chi connectivity index (χ1n) is 8.86. The van der Waals surface area contributed by atoms with Crippen LogP contribution in [0.3, 0.4) is 0 Å². The molecule has 0 spiro atoms. The largest absolute Gasteiger partial charge is 0.496 e. The van der Waals surface area contributed by atoms with Crippen LogP contribution < -0.4 is 10.5 Å². The van der Waals surface area contributed by atoms with E-state index in [2.05, 4.69) is 10.3 Å². The number of rotatable bonds is 6. The zero-order chi connectivity index (χ0) is 21.0. The van der Waals surface area contributed by atoms with Crippen molar-refractivity contribution in [3.63, 3.8) is 0 Å². The third-order valence-corrected chi connectivity index (χ3v) is 4.50. The third kappa shape index (κ3) is 4.94. The predicted octanol–water partition coefficient (Wildman–Crippen LogP) is 3.69. The Hall–Kier alpha value is -3.32. The van der Waals surface area contributed by atoms with E-state index in [1.54, 1.807) is 36.4 Å².